The van der Waals surface area contributed by atoms with Gasteiger partial charge in [0.1, 0.15) is 0 Å². The average Bonchev–Trinajstić information content (AvgIpc) is 2.76. The van der Waals surface area contributed by atoms with Gasteiger partial charge in [0.15, 0.2) is 5.78 Å². The summed E-state index contributed by atoms with van der Waals surface area (Å²) in [7, 11) is 0. The SMILES string of the molecule is O=C(CCCc1sccc1Br)c1ccccc1. The van der Waals surface area contributed by atoms with Crippen LogP contribution in [-0.2, 0) is 6.42 Å². The molecule has 2 rings (SSSR count). The number of benzene rings is 1. The van der Waals surface area contributed by atoms with Gasteiger partial charge in [-0.1, -0.05) is 30.3 Å². The molecule has 0 aliphatic rings. The summed E-state index contributed by atoms with van der Waals surface area (Å²) in [6.45, 7) is 0. The molecule has 0 spiro atoms. The molecule has 1 aromatic heterocycles. The monoisotopic (exact) mass is 308 g/mol. The van der Waals surface area contributed by atoms with E-state index in [0.717, 1.165) is 22.9 Å². The van der Waals surface area contributed by atoms with Crippen molar-refractivity contribution in [2.45, 2.75) is 19.3 Å². The second-order valence-electron chi connectivity index (χ2n) is 3.83. The summed E-state index contributed by atoms with van der Waals surface area (Å²) < 4.78 is 1.16. The van der Waals surface area contributed by atoms with Gasteiger partial charge in [-0.05, 0) is 40.2 Å². The number of Topliss-reactive ketones (excluding diaryl/α,β-unsaturated/α-hetero) is 1. The average molecular weight is 309 g/mol. The second kappa shape index (κ2) is 6.12. The van der Waals surface area contributed by atoms with E-state index in [1.54, 1.807) is 11.3 Å². The molecule has 1 aromatic carbocycles. The summed E-state index contributed by atoms with van der Waals surface area (Å²) in [5.41, 5.74) is 0.817. The second-order valence-corrected chi connectivity index (χ2v) is 5.69. The fraction of sp³-hybridized carbons (Fsp3) is 0.214. The lowest BCUT2D eigenvalue weighted by atomic mass is 10.1. The predicted molar refractivity (Wildman–Crippen MR) is 75.7 cm³/mol. The molecule has 0 atom stereocenters. The highest BCUT2D eigenvalue weighted by atomic mass is 79.9. The molecule has 0 bridgehead atoms. The van der Waals surface area contributed by atoms with Gasteiger partial charge in [-0.3, -0.25) is 4.79 Å². The van der Waals surface area contributed by atoms with Gasteiger partial charge >= 0.3 is 0 Å². The Morgan fingerprint density at radius 3 is 2.59 bits per heavy atom. The van der Waals surface area contributed by atoms with Crippen LogP contribution in [0.15, 0.2) is 46.3 Å². The van der Waals surface area contributed by atoms with Gasteiger partial charge in [0.25, 0.3) is 0 Å². The number of hydrogen-bond acceptors (Lipinski definition) is 2. The van der Waals surface area contributed by atoms with Crippen LogP contribution in [0.25, 0.3) is 0 Å². The molecule has 0 amide bonds. The van der Waals surface area contributed by atoms with Crippen molar-refractivity contribution in [1.82, 2.24) is 0 Å². The first-order valence-electron chi connectivity index (χ1n) is 5.57. The third-order valence-corrected chi connectivity index (χ3v) is 4.58. The Bertz CT molecular complexity index is 490. The van der Waals surface area contributed by atoms with Gasteiger partial charge in [0.05, 0.1) is 0 Å². The lowest BCUT2D eigenvalue weighted by Gasteiger charge is -2.00. The fourth-order valence-corrected chi connectivity index (χ4v) is 3.28. The summed E-state index contributed by atoms with van der Waals surface area (Å²) in [6, 6.07) is 11.6. The maximum atomic E-state index is 11.8. The minimum absolute atomic E-state index is 0.235. The van der Waals surface area contributed by atoms with E-state index in [1.807, 2.05) is 30.3 Å². The molecule has 17 heavy (non-hydrogen) atoms. The van der Waals surface area contributed by atoms with Gasteiger partial charge in [0, 0.05) is 21.3 Å². The number of hydrogen-bond donors (Lipinski definition) is 0. The first-order chi connectivity index (χ1) is 8.27. The van der Waals surface area contributed by atoms with Crippen molar-refractivity contribution in [3.8, 4) is 0 Å². The molecule has 0 fully saturated rings. The van der Waals surface area contributed by atoms with E-state index in [4.69, 9.17) is 0 Å². The van der Waals surface area contributed by atoms with Crippen molar-refractivity contribution >= 4 is 33.0 Å². The summed E-state index contributed by atoms with van der Waals surface area (Å²) in [4.78, 5) is 13.2. The standard InChI is InChI=1S/C14H13BrOS/c15-12-9-10-17-14(12)8-4-7-13(16)11-5-2-1-3-6-11/h1-3,5-6,9-10H,4,7-8H2. The molecule has 0 radical (unpaired) electrons. The molecule has 0 saturated carbocycles. The van der Waals surface area contributed by atoms with E-state index in [-0.39, 0.29) is 5.78 Å². The van der Waals surface area contributed by atoms with E-state index in [9.17, 15) is 4.79 Å². The maximum absolute atomic E-state index is 11.8. The van der Waals surface area contributed by atoms with Crippen molar-refractivity contribution < 1.29 is 4.79 Å². The Balaban J connectivity index is 1.84. The lowest BCUT2D eigenvalue weighted by Crippen LogP contribution is -1.99. The van der Waals surface area contributed by atoms with Gasteiger partial charge in [-0.25, -0.2) is 0 Å². The first-order valence-corrected chi connectivity index (χ1v) is 7.25. The lowest BCUT2D eigenvalue weighted by molar-refractivity contribution is 0.0980. The zero-order valence-electron chi connectivity index (χ0n) is 9.36. The zero-order chi connectivity index (χ0) is 12.1. The Labute approximate surface area is 114 Å². The van der Waals surface area contributed by atoms with Crippen LogP contribution in [-0.4, -0.2) is 5.78 Å². The van der Waals surface area contributed by atoms with Crippen LogP contribution in [0.4, 0.5) is 0 Å². The van der Waals surface area contributed by atoms with Crippen LogP contribution in [0.5, 0.6) is 0 Å². The Morgan fingerprint density at radius 2 is 1.94 bits per heavy atom. The van der Waals surface area contributed by atoms with Crippen molar-refractivity contribution in [2.75, 3.05) is 0 Å². The van der Waals surface area contributed by atoms with Gasteiger partial charge < -0.3 is 0 Å². The number of halogens is 1. The van der Waals surface area contributed by atoms with Crippen molar-refractivity contribution in [1.29, 1.82) is 0 Å². The molecule has 0 N–H and O–H groups in total. The summed E-state index contributed by atoms with van der Waals surface area (Å²) >= 11 is 5.24. The summed E-state index contributed by atoms with van der Waals surface area (Å²) in [5.74, 6) is 0.235. The number of carbonyl (C=O) groups excluding carboxylic acids is 1. The third kappa shape index (κ3) is 3.51. The molecular weight excluding hydrogens is 296 g/mol. The number of aryl methyl sites for hydroxylation is 1. The molecular formula is C14H13BrOS. The smallest absolute Gasteiger partial charge is 0.162 e. The van der Waals surface area contributed by atoms with Crippen molar-refractivity contribution in [2.24, 2.45) is 0 Å². The maximum Gasteiger partial charge on any atom is 0.162 e. The molecule has 0 aliphatic carbocycles. The number of thiophene rings is 1. The van der Waals surface area contributed by atoms with Crippen molar-refractivity contribution in [3.63, 3.8) is 0 Å². The Morgan fingerprint density at radius 1 is 1.18 bits per heavy atom. The Hall–Kier alpha value is -0.930. The fourth-order valence-electron chi connectivity index (χ4n) is 1.68. The molecule has 1 nitrogen and oxygen atoms in total. The quantitative estimate of drug-likeness (QED) is 0.731. The highest BCUT2D eigenvalue weighted by molar-refractivity contribution is 9.10. The highest BCUT2D eigenvalue weighted by Crippen LogP contribution is 2.24. The third-order valence-electron chi connectivity index (χ3n) is 2.59. The molecule has 0 saturated heterocycles. The molecule has 0 aliphatic heterocycles. The van der Waals surface area contributed by atoms with Gasteiger partial charge in [0.2, 0.25) is 0 Å². The summed E-state index contributed by atoms with van der Waals surface area (Å²) in [6.07, 6.45) is 2.50. The first kappa shape index (κ1) is 12.5. The van der Waals surface area contributed by atoms with E-state index in [0.29, 0.717) is 6.42 Å². The van der Waals surface area contributed by atoms with Crippen LogP contribution in [0.2, 0.25) is 0 Å². The number of rotatable bonds is 5. The highest BCUT2D eigenvalue weighted by Gasteiger charge is 2.06. The molecule has 3 heteroatoms. The van der Waals surface area contributed by atoms with Crippen LogP contribution in [0.3, 0.4) is 0 Å². The van der Waals surface area contributed by atoms with Crippen LogP contribution < -0.4 is 0 Å². The van der Waals surface area contributed by atoms with Crippen LogP contribution in [0.1, 0.15) is 28.1 Å². The Kier molecular flexibility index (Phi) is 4.51. The normalized spacial score (nSPS) is 10.4. The predicted octanol–water partition coefficient (Wildman–Crippen LogP) is 4.72. The largest absolute Gasteiger partial charge is 0.294 e. The number of carbonyl (C=O) groups is 1. The van der Waals surface area contributed by atoms with Gasteiger partial charge in [-0.2, -0.15) is 0 Å². The van der Waals surface area contributed by atoms with Crippen LogP contribution >= 0.6 is 27.3 Å². The van der Waals surface area contributed by atoms with E-state index < -0.39 is 0 Å². The molecule has 0 unspecified atom stereocenters. The van der Waals surface area contributed by atoms with Crippen molar-refractivity contribution in [3.05, 3.63) is 56.7 Å². The molecule has 1 heterocycles. The van der Waals surface area contributed by atoms with Crippen LogP contribution in [0, 0.1) is 0 Å². The minimum Gasteiger partial charge on any atom is -0.294 e. The molecule has 2 aromatic rings. The van der Waals surface area contributed by atoms with Gasteiger partial charge in [-0.15, -0.1) is 11.3 Å². The zero-order valence-corrected chi connectivity index (χ0v) is 11.8. The van der Waals surface area contributed by atoms with E-state index in [1.165, 1.54) is 4.88 Å². The topological polar surface area (TPSA) is 17.1 Å². The molecule has 88 valence electrons. The summed E-state index contributed by atoms with van der Waals surface area (Å²) in [5, 5.41) is 2.07. The van der Waals surface area contributed by atoms with E-state index >= 15 is 0 Å². The van der Waals surface area contributed by atoms with E-state index in [2.05, 4.69) is 27.4 Å². The number of ketones is 1. The minimum atomic E-state index is 0.235.